The Bertz CT molecular complexity index is 524. The molecule has 1 aliphatic carbocycles. The first-order valence-electron chi connectivity index (χ1n) is 6.28. The molecule has 7 heteroatoms. The van der Waals surface area contributed by atoms with Gasteiger partial charge in [0.05, 0.1) is 3.79 Å². The summed E-state index contributed by atoms with van der Waals surface area (Å²) in [5.74, 6) is 0.357. The molecule has 1 saturated carbocycles. The Morgan fingerprint density at radius 3 is 2.84 bits per heavy atom. The molecule has 19 heavy (non-hydrogen) atoms. The SMILES string of the molecule is Cc1cc(S(=O)(=O)NCC2CCCC(Cl)C2)sc1Br. The largest absolute Gasteiger partial charge is 0.250 e. The highest BCUT2D eigenvalue weighted by Gasteiger charge is 2.23. The van der Waals surface area contributed by atoms with Gasteiger partial charge in [-0.2, -0.15) is 0 Å². The van der Waals surface area contributed by atoms with Crippen LogP contribution in [0.2, 0.25) is 0 Å². The minimum atomic E-state index is -3.38. The number of hydrogen-bond acceptors (Lipinski definition) is 3. The molecule has 1 fully saturated rings. The number of sulfonamides is 1. The van der Waals surface area contributed by atoms with E-state index in [9.17, 15) is 8.42 Å². The third-order valence-corrected chi connectivity index (χ3v) is 7.81. The van der Waals surface area contributed by atoms with Crippen LogP contribution in [-0.4, -0.2) is 20.3 Å². The molecule has 2 rings (SSSR count). The number of thiophene rings is 1. The maximum Gasteiger partial charge on any atom is 0.250 e. The van der Waals surface area contributed by atoms with Crippen molar-refractivity contribution in [1.29, 1.82) is 0 Å². The van der Waals surface area contributed by atoms with Gasteiger partial charge in [-0.25, -0.2) is 13.1 Å². The van der Waals surface area contributed by atoms with Crippen molar-refractivity contribution < 1.29 is 8.42 Å². The molecule has 1 aliphatic rings. The van der Waals surface area contributed by atoms with E-state index in [1.165, 1.54) is 11.3 Å². The van der Waals surface area contributed by atoms with Crippen LogP contribution in [0.25, 0.3) is 0 Å². The first-order valence-corrected chi connectivity index (χ1v) is 9.81. The lowest BCUT2D eigenvalue weighted by Crippen LogP contribution is -2.31. The van der Waals surface area contributed by atoms with Gasteiger partial charge < -0.3 is 0 Å². The van der Waals surface area contributed by atoms with Crippen molar-refractivity contribution in [3.05, 3.63) is 15.4 Å². The molecule has 108 valence electrons. The van der Waals surface area contributed by atoms with Crippen LogP contribution in [0.3, 0.4) is 0 Å². The van der Waals surface area contributed by atoms with Gasteiger partial charge in [0.1, 0.15) is 4.21 Å². The van der Waals surface area contributed by atoms with E-state index in [4.69, 9.17) is 11.6 Å². The summed E-state index contributed by atoms with van der Waals surface area (Å²) in [5.41, 5.74) is 0.948. The quantitative estimate of drug-likeness (QED) is 0.798. The molecule has 0 aromatic carbocycles. The molecule has 0 spiro atoms. The Kier molecular flexibility index (Phi) is 5.34. The predicted molar refractivity (Wildman–Crippen MR) is 83.5 cm³/mol. The second-order valence-corrected chi connectivity index (χ2v) is 9.99. The molecule has 0 bridgehead atoms. The zero-order valence-corrected chi connectivity index (χ0v) is 14.6. The lowest BCUT2D eigenvalue weighted by atomic mass is 9.89. The first-order chi connectivity index (χ1) is 8.88. The molecular formula is C12H17BrClNO2S2. The zero-order chi connectivity index (χ0) is 14.0. The summed E-state index contributed by atoms with van der Waals surface area (Å²) in [5, 5.41) is 0.196. The molecule has 0 amide bonds. The second kappa shape index (κ2) is 6.43. The Labute approximate surface area is 131 Å². The van der Waals surface area contributed by atoms with Gasteiger partial charge in [0, 0.05) is 11.9 Å². The van der Waals surface area contributed by atoms with Gasteiger partial charge in [0.25, 0.3) is 0 Å². The van der Waals surface area contributed by atoms with E-state index in [0.717, 1.165) is 35.0 Å². The van der Waals surface area contributed by atoms with Crippen molar-refractivity contribution in [2.75, 3.05) is 6.54 Å². The minimum Gasteiger partial charge on any atom is -0.210 e. The number of nitrogens with one attached hydrogen (secondary N) is 1. The summed E-state index contributed by atoms with van der Waals surface area (Å²) in [6.07, 6.45) is 4.09. The number of alkyl halides is 1. The summed E-state index contributed by atoms with van der Waals surface area (Å²) in [4.78, 5) is 0. The summed E-state index contributed by atoms with van der Waals surface area (Å²) in [6, 6.07) is 1.70. The van der Waals surface area contributed by atoms with Gasteiger partial charge >= 0.3 is 0 Å². The monoisotopic (exact) mass is 385 g/mol. The molecule has 0 radical (unpaired) electrons. The number of rotatable bonds is 4. The van der Waals surface area contributed by atoms with Gasteiger partial charge in [-0.05, 0) is 59.7 Å². The average Bonchev–Trinajstić information content (AvgIpc) is 2.68. The summed E-state index contributed by atoms with van der Waals surface area (Å²) in [7, 11) is -3.38. The van der Waals surface area contributed by atoms with Crippen molar-refractivity contribution in [3.63, 3.8) is 0 Å². The molecule has 2 atom stereocenters. The maximum absolute atomic E-state index is 12.2. The van der Waals surface area contributed by atoms with Gasteiger partial charge in [0.15, 0.2) is 0 Å². The van der Waals surface area contributed by atoms with Crippen LogP contribution in [0.15, 0.2) is 14.1 Å². The van der Waals surface area contributed by atoms with Crippen molar-refractivity contribution in [2.24, 2.45) is 5.92 Å². The number of hydrogen-bond donors (Lipinski definition) is 1. The highest BCUT2D eigenvalue weighted by molar-refractivity contribution is 9.11. The molecule has 0 aliphatic heterocycles. The highest BCUT2D eigenvalue weighted by atomic mass is 79.9. The Hall–Kier alpha value is 0.380. The standard InChI is InChI=1S/C12H17BrClNO2S2/c1-8-5-11(18-12(8)13)19(16,17)15-7-9-3-2-4-10(14)6-9/h5,9-10,15H,2-4,6-7H2,1H3. The topological polar surface area (TPSA) is 46.2 Å². The van der Waals surface area contributed by atoms with Crippen molar-refractivity contribution in [3.8, 4) is 0 Å². The van der Waals surface area contributed by atoms with E-state index >= 15 is 0 Å². The van der Waals surface area contributed by atoms with Crippen LogP contribution < -0.4 is 4.72 Å². The van der Waals surface area contributed by atoms with Crippen molar-refractivity contribution in [1.82, 2.24) is 4.72 Å². The molecule has 0 saturated heterocycles. The van der Waals surface area contributed by atoms with E-state index in [1.54, 1.807) is 6.07 Å². The predicted octanol–water partition coefficient (Wildman–Crippen LogP) is 3.89. The van der Waals surface area contributed by atoms with Crippen molar-refractivity contribution in [2.45, 2.75) is 42.2 Å². The van der Waals surface area contributed by atoms with Gasteiger partial charge in [-0.1, -0.05) is 6.42 Å². The fraction of sp³-hybridized carbons (Fsp3) is 0.667. The average molecular weight is 387 g/mol. The van der Waals surface area contributed by atoms with E-state index < -0.39 is 10.0 Å². The molecular weight excluding hydrogens is 370 g/mol. The Balaban J connectivity index is 1.98. The van der Waals surface area contributed by atoms with Crippen LogP contribution in [-0.2, 0) is 10.0 Å². The summed E-state index contributed by atoms with van der Waals surface area (Å²) >= 11 is 10.7. The number of aryl methyl sites for hydroxylation is 1. The van der Waals surface area contributed by atoms with Crippen molar-refractivity contribution >= 4 is 48.9 Å². The summed E-state index contributed by atoms with van der Waals surface area (Å²) in [6.45, 7) is 2.37. The van der Waals surface area contributed by atoms with Crippen LogP contribution in [0.5, 0.6) is 0 Å². The van der Waals surface area contributed by atoms with Crippen LogP contribution in [0.4, 0.5) is 0 Å². The number of halogens is 2. The molecule has 1 heterocycles. The Morgan fingerprint density at radius 2 is 2.26 bits per heavy atom. The lowest BCUT2D eigenvalue weighted by molar-refractivity contribution is 0.362. The van der Waals surface area contributed by atoms with Crippen LogP contribution >= 0.6 is 38.9 Å². The smallest absolute Gasteiger partial charge is 0.210 e. The lowest BCUT2D eigenvalue weighted by Gasteiger charge is -2.25. The molecule has 3 nitrogen and oxygen atoms in total. The highest BCUT2D eigenvalue weighted by Crippen LogP contribution is 2.31. The zero-order valence-electron chi connectivity index (χ0n) is 10.7. The van der Waals surface area contributed by atoms with Crippen LogP contribution in [0, 0.1) is 12.8 Å². The van der Waals surface area contributed by atoms with E-state index in [2.05, 4.69) is 20.7 Å². The summed E-state index contributed by atoms with van der Waals surface area (Å²) < 4.78 is 28.3. The first kappa shape index (κ1) is 15.8. The van der Waals surface area contributed by atoms with Crippen LogP contribution in [0.1, 0.15) is 31.2 Å². The third-order valence-electron chi connectivity index (χ3n) is 3.38. The van der Waals surface area contributed by atoms with E-state index in [0.29, 0.717) is 16.7 Å². The van der Waals surface area contributed by atoms with E-state index in [1.807, 2.05) is 6.92 Å². The van der Waals surface area contributed by atoms with E-state index in [-0.39, 0.29) is 5.38 Å². The molecule has 1 aromatic heterocycles. The van der Waals surface area contributed by atoms with Gasteiger partial charge in [0.2, 0.25) is 10.0 Å². The van der Waals surface area contributed by atoms with Gasteiger partial charge in [-0.3, -0.25) is 0 Å². The fourth-order valence-electron chi connectivity index (χ4n) is 2.27. The second-order valence-electron chi connectivity index (χ2n) is 5.00. The maximum atomic E-state index is 12.2. The molecule has 2 unspecified atom stereocenters. The third kappa shape index (κ3) is 4.17. The normalized spacial score (nSPS) is 24.6. The molecule has 1 aromatic rings. The van der Waals surface area contributed by atoms with Gasteiger partial charge in [-0.15, -0.1) is 22.9 Å². The Morgan fingerprint density at radius 1 is 1.53 bits per heavy atom. The minimum absolute atomic E-state index is 0.196. The fourth-order valence-corrected chi connectivity index (χ4v) is 6.07. The molecule has 1 N–H and O–H groups in total.